The van der Waals surface area contributed by atoms with Gasteiger partial charge < -0.3 is 25.6 Å². The molecule has 0 atom stereocenters. The Kier molecular flexibility index (Phi) is 6.57. The highest BCUT2D eigenvalue weighted by Gasteiger charge is 2.18. The van der Waals surface area contributed by atoms with Crippen LogP contribution in [0.3, 0.4) is 0 Å². The van der Waals surface area contributed by atoms with Crippen molar-refractivity contribution in [2.24, 2.45) is 5.73 Å². The lowest BCUT2D eigenvalue weighted by atomic mass is 10.1. The number of nitrogens with one attached hydrogen (secondary N) is 2. The van der Waals surface area contributed by atoms with Crippen molar-refractivity contribution >= 4 is 28.8 Å². The van der Waals surface area contributed by atoms with Crippen LogP contribution in [0.5, 0.6) is 5.75 Å². The number of rotatable bonds is 8. The van der Waals surface area contributed by atoms with Gasteiger partial charge in [-0.3, -0.25) is 9.59 Å². The second kappa shape index (κ2) is 9.30. The summed E-state index contributed by atoms with van der Waals surface area (Å²) in [6, 6.07) is 6.31. The topological polar surface area (TPSA) is 132 Å². The van der Waals surface area contributed by atoms with E-state index >= 15 is 0 Å². The van der Waals surface area contributed by atoms with Crippen molar-refractivity contribution in [3.8, 4) is 17.2 Å². The second-order valence-corrected chi connectivity index (χ2v) is 7.16. The maximum Gasteiger partial charge on any atom is 0.277 e. The molecule has 152 valence electrons. The Labute approximate surface area is 171 Å². The zero-order chi connectivity index (χ0) is 20.8. The van der Waals surface area contributed by atoms with E-state index in [2.05, 4.69) is 20.8 Å². The maximum atomic E-state index is 12.5. The summed E-state index contributed by atoms with van der Waals surface area (Å²) in [5, 5.41) is 12.0. The third-order valence-corrected chi connectivity index (χ3v) is 4.76. The molecule has 0 unspecified atom stereocenters. The highest BCUT2D eigenvalue weighted by atomic mass is 32.1. The summed E-state index contributed by atoms with van der Waals surface area (Å²) < 4.78 is 10.5. The van der Waals surface area contributed by atoms with Gasteiger partial charge in [0.25, 0.3) is 11.8 Å². The van der Waals surface area contributed by atoms with Crippen molar-refractivity contribution in [2.75, 3.05) is 25.5 Å². The van der Waals surface area contributed by atoms with E-state index in [1.807, 2.05) is 12.3 Å². The number of ether oxygens (including phenoxy) is 1. The molecule has 0 aliphatic rings. The number of hydrogen-bond donors (Lipinski definition) is 3. The van der Waals surface area contributed by atoms with Crippen molar-refractivity contribution in [1.82, 2.24) is 15.5 Å². The first-order valence-electron chi connectivity index (χ1n) is 8.88. The summed E-state index contributed by atoms with van der Waals surface area (Å²) in [5.74, 6) is 0.0331. The highest BCUT2D eigenvalue weighted by molar-refractivity contribution is 7.09. The zero-order valence-electron chi connectivity index (χ0n) is 16.0. The molecule has 2 aromatic heterocycles. The van der Waals surface area contributed by atoms with Gasteiger partial charge in [0, 0.05) is 23.7 Å². The van der Waals surface area contributed by atoms with Crippen molar-refractivity contribution in [3.05, 3.63) is 45.9 Å². The molecule has 29 heavy (non-hydrogen) atoms. The van der Waals surface area contributed by atoms with Crippen LogP contribution in [0.1, 0.15) is 32.3 Å². The Morgan fingerprint density at radius 1 is 1.28 bits per heavy atom. The van der Waals surface area contributed by atoms with Crippen LogP contribution in [0.15, 0.2) is 34.2 Å². The molecule has 9 nitrogen and oxygen atoms in total. The van der Waals surface area contributed by atoms with Gasteiger partial charge in [0.15, 0.2) is 11.5 Å². The molecular formula is C19H21N5O4S. The number of anilines is 1. The Balaban J connectivity index is 1.74. The van der Waals surface area contributed by atoms with Crippen molar-refractivity contribution < 1.29 is 18.8 Å². The first-order valence-corrected chi connectivity index (χ1v) is 9.76. The molecule has 0 saturated heterocycles. The Bertz CT molecular complexity index is 1010. The summed E-state index contributed by atoms with van der Waals surface area (Å²) >= 11 is 1.48. The number of nitrogens with two attached hydrogens (primary N) is 1. The van der Waals surface area contributed by atoms with E-state index in [1.165, 1.54) is 24.5 Å². The fourth-order valence-corrected chi connectivity index (χ4v) is 3.14. The van der Waals surface area contributed by atoms with E-state index in [0.717, 1.165) is 5.01 Å². The number of carbonyl (C=O) groups excluding carboxylic acids is 2. The van der Waals surface area contributed by atoms with Gasteiger partial charge >= 0.3 is 0 Å². The van der Waals surface area contributed by atoms with Crippen LogP contribution in [0.2, 0.25) is 0 Å². The summed E-state index contributed by atoms with van der Waals surface area (Å²) in [6.07, 6.45) is 0.664. The summed E-state index contributed by atoms with van der Waals surface area (Å²) in [5.41, 5.74) is 6.91. The van der Waals surface area contributed by atoms with E-state index < -0.39 is 5.91 Å². The van der Waals surface area contributed by atoms with Crippen LogP contribution in [0.25, 0.3) is 11.5 Å². The number of nitrogens with zero attached hydrogens (tertiary/aromatic N) is 2. The summed E-state index contributed by atoms with van der Waals surface area (Å²) in [7, 11) is 1.47. The predicted molar refractivity (Wildman–Crippen MR) is 109 cm³/mol. The SMILES string of the molecule is COc1ccc(NC(=O)c2cc(-c3csc(C)n3)on2)cc1C(=O)NCCCN. The molecule has 0 aliphatic carbocycles. The number of thiazole rings is 1. The average molecular weight is 415 g/mol. The van der Waals surface area contributed by atoms with Crippen molar-refractivity contribution in [3.63, 3.8) is 0 Å². The molecule has 1 aromatic carbocycles. The molecule has 0 saturated carbocycles. The van der Waals surface area contributed by atoms with E-state index in [4.69, 9.17) is 15.0 Å². The summed E-state index contributed by atoms with van der Waals surface area (Å²) in [4.78, 5) is 29.2. The van der Waals surface area contributed by atoms with E-state index in [0.29, 0.717) is 48.0 Å². The minimum atomic E-state index is -0.466. The predicted octanol–water partition coefficient (Wildman–Crippen LogP) is 2.45. The smallest absolute Gasteiger partial charge is 0.277 e. The molecule has 4 N–H and O–H groups in total. The average Bonchev–Trinajstić information content (AvgIpc) is 3.37. The third kappa shape index (κ3) is 4.98. The standard InChI is InChI=1S/C19H21N5O4S/c1-11-22-15(10-29-11)17-9-14(24-28-17)19(26)23-12-4-5-16(27-2)13(8-12)18(25)21-7-3-6-20/h4-5,8-10H,3,6-7,20H2,1-2H3,(H,21,25)(H,23,26). The van der Waals surface area contributed by atoms with Gasteiger partial charge in [0.05, 0.1) is 17.7 Å². The number of benzene rings is 1. The molecule has 10 heteroatoms. The monoisotopic (exact) mass is 415 g/mol. The third-order valence-electron chi connectivity index (χ3n) is 3.98. The van der Waals surface area contributed by atoms with E-state index in [-0.39, 0.29) is 11.6 Å². The first-order chi connectivity index (χ1) is 14.0. The van der Waals surface area contributed by atoms with Gasteiger partial charge in [-0.25, -0.2) is 4.98 Å². The van der Waals surface area contributed by atoms with Gasteiger partial charge in [0.2, 0.25) is 0 Å². The molecule has 2 heterocycles. The molecule has 0 aliphatic heterocycles. The van der Waals surface area contributed by atoms with Gasteiger partial charge in [-0.15, -0.1) is 11.3 Å². The quantitative estimate of drug-likeness (QED) is 0.481. The lowest BCUT2D eigenvalue weighted by molar-refractivity contribution is 0.0948. The lowest BCUT2D eigenvalue weighted by Crippen LogP contribution is -2.26. The number of aryl methyl sites for hydroxylation is 1. The van der Waals surface area contributed by atoms with Crippen LogP contribution in [-0.2, 0) is 0 Å². The molecule has 2 amide bonds. The molecular weight excluding hydrogens is 394 g/mol. The molecule has 0 spiro atoms. The lowest BCUT2D eigenvalue weighted by Gasteiger charge is -2.11. The van der Waals surface area contributed by atoms with Gasteiger partial charge in [-0.1, -0.05) is 5.16 Å². The van der Waals surface area contributed by atoms with Gasteiger partial charge in [-0.2, -0.15) is 0 Å². The number of hydrogen-bond acceptors (Lipinski definition) is 8. The minimum absolute atomic E-state index is 0.107. The zero-order valence-corrected chi connectivity index (χ0v) is 16.8. The number of methoxy groups -OCH3 is 1. The highest BCUT2D eigenvalue weighted by Crippen LogP contribution is 2.25. The van der Waals surface area contributed by atoms with Gasteiger partial charge in [-0.05, 0) is 38.1 Å². The first kappa shape index (κ1) is 20.5. The summed E-state index contributed by atoms with van der Waals surface area (Å²) in [6.45, 7) is 2.81. The van der Waals surface area contributed by atoms with E-state index in [1.54, 1.807) is 18.2 Å². The normalized spacial score (nSPS) is 10.6. The molecule has 3 rings (SSSR count). The molecule has 0 bridgehead atoms. The fourth-order valence-electron chi connectivity index (χ4n) is 2.54. The van der Waals surface area contributed by atoms with Crippen LogP contribution in [0, 0.1) is 6.92 Å². The van der Waals surface area contributed by atoms with Crippen LogP contribution >= 0.6 is 11.3 Å². The Hall–Kier alpha value is -3.24. The van der Waals surface area contributed by atoms with E-state index in [9.17, 15) is 9.59 Å². The number of aromatic nitrogens is 2. The Morgan fingerprint density at radius 3 is 2.79 bits per heavy atom. The fraction of sp³-hybridized carbons (Fsp3) is 0.263. The molecule has 0 fully saturated rings. The van der Waals surface area contributed by atoms with Crippen molar-refractivity contribution in [1.29, 1.82) is 0 Å². The van der Waals surface area contributed by atoms with Crippen LogP contribution in [-0.4, -0.2) is 42.2 Å². The van der Waals surface area contributed by atoms with Crippen LogP contribution in [0.4, 0.5) is 5.69 Å². The number of amides is 2. The second-order valence-electron chi connectivity index (χ2n) is 6.10. The van der Waals surface area contributed by atoms with Gasteiger partial charge in [0.1, 0.15) is 11.4 Å². The van der Waals surface area contributed by atoms with Crippen LogP contribution < -0.4 is 21.1 Å². The minimum Gasteiger partial charge on any atom is -0.496 e. The largest absolute Gasteiger partial charge is 0.496 e. The Morgan fingerprint density at radius 2 is 2.10 bits per heavy atom. The maximum absolute atomic E-state index is 12.5. The molecule has 0 radical (unpaired) electrons. The molecule has 3 aromatic rings. The van der Waals surface area contributed by atoms with Crippen molar-refractivity contribution in [2.45, 2.75) is 13.3 Å². The number of carbonyl (C=O) groups is 2.